The van der Waals surface area contributed by atoms with Crippen LogP contribution in [-0.2, 0) is 0 Å². The molecule has 3 heterocycles. The second-order valence-corrected chi connectivity index (χ2v) is 12.0. The van der Waals surface area contributed by atoms with Crippen LogP contribution in [0.1, 0.15) is 0 Å². The first-order valence-corrected chi connectivity index (χ1v) is 16.5. The van der Waals surface area contributed by atoms with Crippen LogP contribution in [0.3, 0.4) is 0 Å². The van der Waals surface area contributed by atoms with Crippen molar-refractivity contribution in [3.63, 3.8) is 0 Å². The van der Waals surface area contributed by atoms with Crippen LogP contribution in [0.5, 0.6) is 0 Å². The first-order chi connectivity index (χ1) is 20.8. The summed E-state index contributed by atoms with van der Waals surface area (Å²) in [7, 11) is 0. The molecular formula is C36H27N3S3. The van der Waals surface area contributed by atoms with E-state index in [0.29, 0.717) is 0 Å². The van der Waals surface area contributed by atoms with Crippen molar-refractivity contribution in [1.29, 1.82) is 0 Å². The summed E-state index contributed by atoms with van der Waals surface area (Å²) in [5, 5.41) is 13.0. The van der Waals surface area contributed by atoms with Crippen molar-refractivity contribution >= 4 is 85.2 Å². The van der Waals surface area contributed by atoms with E-state index in [9.17, 15) is 0 Å². The third-order valence-electron chi connectivity index (χ3n) is 7.00. The van der Waals surface area contributed by atoms with E-state index in [2.05, 4.69) is 174 Å². The Labute approximate surface area is 258 Å². The zero-order valence-corrected chi connectivity index (χ0v) is 25.1. The van der Waals surface area contributed by atoms with Gasteiger partial charge in [0.15, 0.2) is 0 Å². The second kappa shape index (κ2) is 12.1. The van der Waals surface area contributed by atoms with Crippen LogP contribution in [0, 0.1) is 0 Å². The molecule has 0 saturated heterocycles. The molecule has 0 aliphatic heterocycles. The number of rotatable bonds is 9. The Morgan fingerprint density at radius 3 is 0.810 bits per heavy atom. The van der Waals surface area contributed by atoms with Gasteiger partial charge in [0.1, 0.15) is 0 Å². The molecule has 0 N–H and O–H groups in total. The quantitative estimate of drug-likeness (QED) is 0.164. The van der Waals surface area contributed by atoms with Crippen molar-refractivity contribution < 1.29 is 0 Å². The van der Waals surface area contributed by atoms with Gasteiger partial charge in [-0.1, -0.05) is 54.6 Å². The van der Waals surface area contributed by atoms with Gasteiger partial charge in [0, 0.05) is 33.2 Å². The minimum atomic E-state index is 1.08. The second-order valence-electron chi connectivity index (χ2n) is 9.67. The summed E-state index contributed by atoms with van der Waals surface area (Å²) in [6.45, 7) is 0. The van der Waals surface area contributed by atoms with Crippen LogP contribution in [0.2, 0.25) is 0 Å². The standard InChI is InChI=1S/C36H27N3S3/c1-4-10-28(11-5-1)37(31-16-19-40-25-31)34-22-35(38(32-17-20-41-26-32)29-12-6-2-7-13-29)24-36(23-34)39(33-18-21-42-27-33)30-14-8-3-9-15-30/h1-27H. The lowest BCUT2D eigenvalue weighted by Crippen LogP contribution is -2.15. The van der Waals surface area contributed by atoms with Gasteiger partial charge in [-0.05, 0) is 88.9 Å². The fourth-order valence-corrected chi connectivity index (χ4v) is 7.05. The normalized spacial score (nSPS) is 10.9. The average molecular weight is 598 g/mol. The highest BCUT2D eigenvalue weighted by Gasteiger charge is 2.22. The van der Waals surface area contributed by atoms with Crippen molar-refractivity contribution in [2.24, 2.45) is 0 Å². The van der Waals surface area contributed by atoms with Crippen LogP contribution >= 0.6 is 34.0 Å². The number of anilines is 9. The third-order valence-corrected chi connectivity index (χ3v) is 9.01. The van der Waals surface area contributed by atoms with Crippen molar-refractivity contribution in [2.45, 2.75) is 0 Å². The molecule has 0 fully saturated rings. The zero-order valence-electron chi connectivity index (χ0n) is 22.7. The lowest BCUT2D eigenvalue weighted by atomic mass is 10.1. The van der Waals surface area contributed by atoms with Crippen LogP contribution in [0.25, 0.3) is 0 Å². The van der Waals surface area contributed by atoms with Gasteiger partial charge < -0.3 is 14.7 Å². The SMILES string of the molecule is c1ccc(N(c2ccsc2)c2cc(N(c3ccccc3)c3ccsc3)cc(N(c3ccccc3)c3ccsc3)c2)cc1. The van der Waals surface area contributed by atoms with Gasteiger partial charge >= 0.3 is 0 Å². The maximum absolute atomic E-state index is 2.34. The average Bonchev–Trinajstić information content (AvgIpc) is 3.85. The lowest BCUT2D eigenvalue weighted by Gasteiger charge is -2.32. The molecule has 0 unspecified atom stereocenters. The number of hydrogen-bond acceptors (Lipinski definition) is 6. The van der Waals surface area contributed by atoms with E-state index in [-0.39, 0.29) is 0 Å². The first-order valence-electron chi connectivity index (χ1n) is 13.6. The Morgan fingerprint density at radius 1 is 0.286 bits per heavy atom. The number of hydrogen-bond donors (Lipinski definition) is 0. The highest BCUT2D eigenvalue weighted by molar-refractivity contribution is 7.08. The Bertz CT molecular complexity index is 1590. The molecule has 0 aliphatic rings. The predicted octanol–water partition coefficient (Wildman–Crippen LogP) is 12.3. The molecule has 0 amide bonds. The monoisotopic (exact) mass is 597 g/mol. The van der Waals surface area contributed by atoms with E-state index in [1.54, 1.807) is 34.0 Å². The molecule has 3 nitrogen and oxygen atoms in total. The number of benzene rings is 4. The lowest BCUT2D eigenvalue weighted by molar-refractivity contribution is 1.23. The summed E-state index contributed by atoms with van der Waals surface area (Å²) in [4.78, 5) is 7.03. The van der Waals surface area contributed by atoms with Gasteiger partial charge in [-0.15, -0.1) is 0 Å². The van der Waals surface area contributed by atoms with Crippen molar-refractivity contribution in [1.82, 2.24) is 0 Å². The van der Waals surface area contributed by atoms with E-state index >= 15 is 0 Å². The minimum absolute atomic E-state index is 1.08. The largest absolute Gasteiger partial charge is 0.310 e. The van der Waals surface area contributed by atoms with Crippen LogP contribution in [0.15, 0.2) is 160 Å². The van der Waals surface area contributed by atoms with E-state index < -0.39 is 0 Å². The Morgan fingerprint density at radius 2 is 0.571 bits per heavy atom. The maximum atomic E-state index is 2.34. The molecule has 6 heteroatoms. The third kappa shape index (κ3) is 5.35. The van der Waals surface area contributed by atoms with Gasteiger partial charge in [0.05, 0.1) is 34.1 Å². The molecule has 204 valence electrons. The Kier molecular flexibility index (Phi) is 7.57. The fourth-order valence-electron chi connectivity index (χ4n) is 5.19. The van der Waals surface area contributed by atoms with Crippen molar-refractivity contribution in [3.05, 3.63) is 160 Å². The van der Waals surface area contributed by atoms with Gasteiger partial charge in [-0.25, -0.2) is 0 Å². The van der Waals surface area contributed by atoms with E-state index in [0.717, 1.165) is 51.2 Å². The summed E-state index contributed by atoms with van der Waals surface area (Å²) in [5.74, 6) is 0. The molecule has 3 aromatic heterocycles. The molecule has 0 bridgehead atoms. The van der Waals surface area contributed by atoms with E-state index in [4.69, 9.17) is 0 Å². The van der Waals surface area contributed by atoms with Crippen molar-refractivity contribution in [2.75, 3.05) is 14.7 Å². The summed E-state index contributed by atoms with van der Waals surface area (Å²) < 4.78 is 0. The molecule has 42 heavy (non-hydrogen) atoms. The first kappa shape index (κ1) is 26.3. The predicted molar refractivity (Wildman–Crippen MR) is 184 cm³/mol. The van der Waals surface area contributed by atoms with E-state index in [1.807, 2.05) is 0 Å². The van der Waals surface area contributed by atoms with Crippen LogP contribution in [0.4, 0.5) is 51.2 Å². The van der Waals surface area contributed by atoms with Gasteiger partial charge in [-0.2, -0.15) is 34.0 Å². The molecular weight excluding hydrogens is 571 g/mol. The van der Waals surface area contributed by atoms with E-state index in [1.165, 1.54) is 0 Å². The zero-order chi connectivity index (χ0) is 28.1. The number of thiophene rings is 3. The molecule has 0 atom stereocenters. The Hall–Kier alpha value is -4.62. The Balaban J connectivity index is 1.50. The van der Waals surface area contributed by atoms with Crippen LogP contribution < -0.4 is 14.7 Å². The topological polar surface area (TPSA) is 9.72 Å². The molecule has 7 rings (SSSR count). The molecule has 0 aliphatic carbocycles. The molecule has 0 saturated carbocycles. The smallest absolute Gasteiger partial charge is 0.0568 e. The highest BCUT2D eigenvalue weighted by Crippen LogP contribution is 2.46. The summed E-state index contributed by atoms with van der Waals surface area (Å²) in [6, 6.07) is 45.3. The highest BCUT2D eigenvalue weighted by atomic mass is 32.1. The number of nitrogens with zero attached hydrogens (tertiary/aromatic N) is 3. The van der Waals surface area contributed by atoms with Crippen LogP contribution in [-0.4, -0.2) is 0 Å². The van der Waals surface area contributed by atoms with Gasteiger partial charge in [-0.3, -0.25) is 0 Å². The van der Waals surface area contributed by atoms with Crippen molar-refractivity contribution in [3.8, 4) is 0 Å². The molecule has 0 spiro atoms. The number of para-hydroxylation sites is 3. The molecule has 4 aromatic carbocycles. The fraction of sp³-hybridized carbons (Fsp3) is 0. The summed E-state index contributed by atoms with van der Waals surface area (Å²) in [6.07, 6.45) is 0. The summed E-state index contributed by atoms with van der Waals surface area (Å²) in [5.41, 5.74) is 10.00. The minimum Gasteiger partial charge on any atom is -0.310 e. The molecule has 7 aromatic rings. The van der Waals surface area contributed by atoms with Gasteiger partial charge in [0.2, 0.25) is 0 Å². The summed E-state index contributed by atoms with van der Waals surface area (Å²) >= 11 is 5.12. The molecule has 0 radical (unpaired) electrons. The maximum Gasteiger partial charge on any atom is 0.0568 e. The van der Waals surface area contributed by atoms with Gasteiger partial charge in [0.25, 0.3) is 0 Å².